The van der Waals surface area contributed by atoms with Gasteiger partial charge in [-0.2, -0.15) is 0 Å². The van der Waals surface area contributed by atoms with Gasteiger partial charge in [0.1, 0.15) is 5.52 Å². The van der Waals surface area contributed by atoms with E-state index in [0.717, 1.165) is 61.3 Å². The molecule has 0 radical (unpaired) electrons. The van der Waals surface area contributed by atoms with Gasteiger partial charge in [-0.15, -0.1) is 0 Å². The molecule has 262 valence electrons. The van der Waals surface area contributed by atoms with Gasteiger partial charge in [0.2, 0.25) is 0 Å². The number of fused-ring (bicyclic) bond motifs is 6. The summed E-state index contributed by atoms with van der Waals surface area (Å²) in [7, 11) is 0. The Balaban J connectivity index is 1.11. The van der Waals surface area contributed by atoms with E-state index >= 15 is 0 Å². The minimum atomic E-state index is 0.698. The monoisotopic (exact) mass is 714 g/mol. The highest BCUT2D eigenvalue weighted by Crippen LogP contribution is 2.40. The maximum Gasteiger partial charge on any atom is 0.160 e. The van der Waals surface area contributed by atoms with Gasteiger partial charge in [-0.1, -0.05) is 146 Å². The first-order valence-corrected chi connectivity index (χ1v) is 19.0. The van der Waals surface area contributed by atoms with Gasteiger partial charge in [0.15, 0.2) is 5.82 Å². The van der Waals surface area contributed by atoms with Gasteiger partial charge in [-0.05, 0) is 82.9 Å². The van der Waals surface area contributed by atoms with Crippen LogP contribution in [-0.4, -0.2) is 19.1 Å². The van der Waals surface area contributed by atoms with E-state index in [1.165, 1.54) is 32.9 Å². The Morgan fingerprint density at radius 1 is 0.304 bits per heavy atom. The van der Waals surface area contributed by atoms with E-state index in [9.17, 15) is 0 Å². The van der Waals surface area contributed by atoms with E-state index in [1.54, 1.807) is 0 Å². The first-order valence-electron chi connectivity index (χ1n) is 19.0. The van der Waals surface area contributed by atoms with Crippen molar-refractivity contribution in [3.63, 3.8) is 0 Å². The molecule has 0 bridgehead atoms. The van der Waals surface area contributed by atoms with Crippen LogP contribution in [0.5, 0.6) is 0 Å². The maximum absolute atomic E-state index is 5.39. The Bertz CT molecular complexity index is 3220. The van der Waals surface area contributed by atoms with Crippen molar-refractivity contribution in [2.75, 3.05) is 0 Å². The second-order valence-corrected chi connectivity index (χ2v) is 14.2. The molecule has 0 aliphatic rings. The van der Waals surface area contributed by atoms with E-state index in [-0.39, 0.29) is 0 Å². The van der Waals surface area contributed by atoms with Crippen molar-refractivity contribution in [3.8, 4) is 56.3 Å². The van der Waals surface area contributed by atoms with Crippen molar-refractivity contribution >= 4 is 43.7 Å². The third-order valence-electron chi connectivity index (χ3n) is 10.9. The van der Waals surface area contributed by atoms with Crippen molar-refractivity contribution in [1.29, 1.82) is 0 Å². The second-order valence-electron chi connectivity index (χ2n) is 14.2. The lowest BCUT2D eigenvalue weighted by Gasteiger charge is -2.12. The lowest BCUT2D eigenvalue weighted by molar-refractivity contribution is 1.15. The normalized spacial score (nSPS) is 11.6. The fourth-order valence-electron chi connectivity index (χ4n) is 8.32. The van der Waals surface area contributed by atoms with E-state index in [1.807, 2.05) is 0 Å². The van der Waals surface area contributed by atoms with Crippen LogP contribution in [0.2, 0.25) is 0 Å². The lowest BCUT2D eigenvalue weighted by Crippen LogP contribution is -1.99. The number of hydrogen-bond donors (Lipinski definition) is 0. The average molecular weight is 715 g/mol. The topological polar surface area (TPSA) is 35.6 Å². The number of hydrogen-bond acceptors (Lipinski definition) is 2. The van der Waals surface area contributed by atoms with Gasteiger partial charge in [0, 0.05) is 38.7 Å². The predicted molar refractivity (Wildman–Crippen MR) is 232 cm³/mol. The summed E-state index contributed by atoms with van der Waals surface area (Å²) >= 11 is 0. The maximum atomic E-state index is 5.39. The van der Waals surface area contributed by atoms with Crippen LogP contribution >= 0.6 is 0 Å². The van der Waals surface area contributed by atoms with E-state index in [0.29, 0.717) is 5.82 Å². The Kier molecular flexibility index (Phi) is 7.46. The number of benzene rings is 8. The molecule has 8 aromatic carbocycles. The third-order valence-corrected chi connectivity index (χ3v) is 10.9. The summed E-state index contributed by atoms with van der Waals surface area (Å²) in [5.74, 6) is 0.698. The summed E-state index contributed by atoms with van der Waals surface area (Å²) in [6.07, 6.45) is 0. The molecule has 0 unspecified atom stereocenters. The lowest BCUT2D eigenvalue weighted by atomic mass is 9.99. The highest BCUT2D eigenvalue weighted by atomic mass is 15.0. The van der Waals surface area contributed by atoms with Crippen LogP contribution in [0.4, 0.5) is 0 Å². The molecule has 11 rings (SSSR count). The van der Waals surface area contributed by atoms with Crippen LogP contribution < -0.4 is 0 Å². The largest absolute Gasteiger partial charge is 0.309 e. The molecule has 0 fully saturated rings. The summed E-state index contributed by atoms with van der Waals surface area (Å²) in [4.78, 5) is 10.8. The number of rotatable bonds is 6. The summed E-state index contributed by atoms with van der Waals surface area (Å²) in [5.41, 5.74) is 15.2. The van der Waals surface area contributed by atoms with Crippen LogP contribution in [0.3, 0.4) is 0 Å². The van der Waals surface area contributed by atoms with Crippen molar-refractivity contribution in [2.45, 2.75) is 0 Å². The van der Waals surface area contributed by atoms with Crippen LogP contribution in [0.25, 0.3) is 100 Å². The summed E-state index contributed by atoms with van der Waals surface area (Å²) < 4.78 is 4.68. The van der Waals surface area contributed by atoms with Gasteiger partial charge in [0.25, 0.3) is 0 Å². The zero-order chi connectivity index (χ0) is 37.0. The first kappa shape index (κ1) is 31.9. The van der Waals surface area contributed by atoms with Crippen molar-refractivity contribution in [1.82, 2.24) is 19.1 Å². The average Bonchev–Trinajstić information content (AvgIpc) is 3.79. The molecular formula is C52H34N4. The molecule has 0 spiro atoms. The van der Waals surface area contributed by atoms with Crippen LogP contribution in [-0.2, 0) is 0 Å². The van der Waals surface area contributed by atoms with Crippen LogP contribution in [0.1, 0.15) is 0 Å². The van der Waals surface area contributed by atoms with Crippen molar-refractivity contribution < 1.29 is 0 Å². The molecule has 4 nitrogen and oxygen atoms in total. The molecule has 0 aliphatic carbocycles. The molecule has 0 aliphatic heterocycles. The highest BCUT2D eigenvalue weighted by molar-refractivity contribution is 6.13. The SMILES string of the molecule is c1ccc(-c2ccc3c(c2)c2cc(-c4cccc(-c5nc(-c6ccccc6)c6c(n5)c5ccccc5n6-c5ccccc5)c4)ccc2n3-c2ccccc2)cc1. The third kappa shape index (κ3) is 5.23. The van der Waals surface area contributed by atoms with E-state index in [2.05, 4.69) is 215 Å². The quantitative estimate of drug-likeness (QED) is 0.172. The predicted octanol–water partition coefficient (Wildman–Crippen LogP) is 13.3. The summed E-state index contributed by atoms with van der Waals surface area (Å²) in [5, 5.41) is 3.53. The molecule has 4 heteroatoms. The molecule has 0 atom stereocenters. The Morgan fingerprint density at radius 2 is 0.786 bits per heavy atom. The van der Waals surface area contributed by atoms with Gasteiger partial charge in [-0.25, -0.2) is 9.97 Å². The Morgan fingerprint density at radius 3 is 1.45 bits per heavy atom. The van der Waals surface area contributed by atoms with Gasteiger partial charge in [0.05, 0.1) is 27.8 Å². The Labute approximate surface area is 324 Å². The molecule has 0 amide bonds. The fraction of sp³-hybridized carbons (Fsp3) is 0. The number of aromatic nitrogens is 4. The van der Waals surface area contributed by atoms with Crippen molar-refractivity contribution in [3.05, 3.63) is 206 Å². The molecule has 0 N–H and O–H groups in total. The van der Waals surface area contributed by atoms with E-state index < -0.39 is 0 Å². The smallest absolute Gasteiger partial charge is 0.160 e. The molecule has 11 aromatic rings. The molecular weight excluding hydrogens is 681 g/mol. The van der Waals surface area contributed by atoms with Gasteiger partial charge < -0.3 is 9.13 Å². The minimum absolute atomic E-state index is 0.698. The molecule has 3 heterocycles. The van der Waals surface area contributed by atoms with Crippen molar-refractivity contribution in [2.24, 2.45) is 0 Å². The van der Waals surface area contributed by atoms with Gasteiger partial charge in [-0.3, -0.25) is 0 Å². The number of nitrogens with zero attached hydrogens (tertiary/aromatic N) is 4. The van der Waals surface area contributed by atoms with E-state index in [4.69, 9.17) is 9.97 Å². The van der Waals surface area contributed by atoms with Crippen LogP contribution in [0, 0.1) is 0 Å². The minimum Gasteiger partial charge on any atom is -0.309 e. The molecule has 0 saturated heterocycles. The fourth-order valence-corrected chi connectivity index (χ4v) is 8.32. The zero-order valence-electron chi connectivity index (χ0n) is 30.4. The number of para-hydroxylation sites is 3. The summed E-state index contributed by atoms with van der Waals surface area (Å²) in [6.45, 7) is 0. The molecule has 3 aromatic heterocycles. The zero-order valence-corrected chi connectivity index (χ0v) is 30.4. The highest BCUT2D eigenvalue weighted by Gasteiger charge is 2.21. The second kappa shape index (κ2) is 13.1. The Hall–Kier alpha value is -7.56. The van der Waals surface area contributed by atoms with Crippen LogP contribution in [0.15, 0.2) is 206 Å². The summed E-state index contributed by atoms with van der Waals surface area (Å²) in [6, 6.07) is 73.1. The molecule has 0 saturated carbocycles. The van der Waals surface area contributed by atoms with Gasteiger partial charge >= 0.3 is 0 Å². The first-order chi connectivity index (χ1) is 27.8. The standard InChI is InChI=1S/C52H34N4/c1-5-16-35(17-6-1)38-28-30-47-44(33-38)45-34-39(29-31-48(45)55(47)41-22-9-3-10-23-41)37-20-15-21-40(32-37)52-53-49(36-18-7-2-8-19-36)51-50(54-52)43-26-13-14-27-46(43)56(51)42-24-11-4-12-25-42/h1-34H. The molecule has 56 heavy (non-hydrogen) atoms.